The number of hydrogen-bond acceptors (Lipinski definition) is 4. The Morgan fingerprint density at radius 3 is 2.77 bits per heavy atom. The van der Waals surface area contributed by atoms with Crippen LogP contribution in [-0.4, -0.2) is 31.5 Å². The van der Waals surface area contributed by atoms with Crippen molar-refractivity contribution in [1.82, 2.24) is 4.57 Å². The largest absolute Gasteiger partial charge is 0.490 e. The predicted molar refractivity (Wildman–Crippen MR) is 117 cm³/mol. The normalized spacial score (nSPS) is 20.0. The molecule has 5 heteroatoms. The zero-order valence-electron chi connectivity index (χ0n) is 18.4. The first-order valence-corrected chi connectivity index (χ1v) is 11.1. The lowest BCUT2D eigenvalue weighted by Crippen LogP contribution is -2.27. The van der Waals surface area contributed by atoms with Crippen molar-refractivity contribution in [2.75, 3.05) is 26.9 Å². The van der Waals surface area contributed by atoms with Gasteiger partial charge in [0.1, 0.15) is 0 Å². The van der Waals surface area contributed by atoms with E-state index in [9.17, 15) is 4.79 Å². The summed E-state index contributed by atoms with van der Waals surface area (Å²) in [4.78, 5) is 12.6. The van der Waals surface area contributed by atoms with Crippen LogP contribution in [0.15, 0.2) is 23.1 Å². The van der Waals surface area contributed by atoms with Crippen LogP contribution in [0.2, 0.25) is 0 Å². The molecule has 5 rings (SSSR count). The Morgan fingerprint density at radius 1 is 1.27 bits per heavy atom. The maximum Gasteiger partial charge on any atom is 0.185 e. The van der Waals surface area contributed by atoms with Crippen molar-refractivity contribution in [3.8, 4) is 22.8 Å². The summed E-state index contributed by atoms with van der Waals surface area (Å²) in [5, 5.41) is 0. The minimum Gasteiger partial charge on any atom is -0.490 e. The topological polar surface area (TPSA) is 49.7 Å². The fourth-order valence-corrected chi connectivity index (χ4v) is 5.13. The van der Waals surface area contributed by atoms with Crippen molar-refractivity contribution in [3.05, 3.63) is 45.2 Å². The van der Waals surface area contributed by atoms with Crippen LogP contribution in [0.4, 0.5) is 0 Å². The number of pyridine rings is 1. The monoisotopic (exact) mass is 409 g/mol. The minimum atomic E-state index is 0.0990. The molecule has 160 valence electrons. The van der Waals surface area contributed by atoms with Crippen molar-refractivity contribution in [1.29, 1.82) is 0 Å². The molecule has 5 nitrogen and oxygen atoms in total. The molecule has 1 aliphatic carbocycles. The van der Waals surface area contributed by atoms with Gasteiger partial charge in [-0.2, -0.15) is 0 Å². The molecule has 1 spiro atoms. The standard InChI is InChI=1S/C25H31NO4/c1-15(2)18-10-17-11-21(29-9-5-8-28-4)24-23(25(6-7-25)14-30-24)22(17)19-12-20(27)16(3)13-26(18)19/h11-13,15,18H,5-10,14H2,1-4H3. The quantitative estimate of drug-likeness (QED) is 0.663. The summed E-state index contributed by atoms with van der Waals surface area (Å²) in [5.41, 5.74) is 5.84. The number of benzene rings is 1. The predicted octanol–water partition coefficient (Wildman–Crippen LogP) is 4.42. The van der Waals surface area contributed by atoms with E-state index in [1.54, 1.807) is 7.11 Å². The molecule has 2 aliphatic heterocycles. The molecule has 0 radical (unpaired) electrons. The highest BCUT2D eigenvalue weighted by atomic mass is 16.5. The van der Waals surface area contributed by atoms with Crippen molar-refractivity contribution in [2.24, 2.45) is 5.92 Å². The first-order chi connectivity index (χ1) is 14.4. The van der Waals surface area contributed by atoms with Crippen molar-refractivity contribution in [2.45, 2.75) is 57.9 Å². The second-order valence-electron chi connectivity index (χ2n) is 9.51. The average Bonchev–Trinajstić information content (AvgIpc) is 3.40. The molecule has 1 fully saturated rings. The third kappa shape index (κ3) is 2.97. The lowest BCUT2D eigenvalue weighted by atomic mass is 9.81. The SMILES string of the molecule is COCCCOc1cc2c(c3c1OCC31CC1)-c1cc(=O)c(C)cn1C(C(C)C)C2. The molecule has 0 amide bonds. The summed E-state index contributed by atoms with van der Waals surface area (Å²) in [5.74, 6) is 2.21. The maximum atomic E-state index is 12.6. The summed E-state index contributed by atoms with van der Waals surface area (Å²) < 4.78 is 19.9. The Labute approximate surface area is 178 Å². The second-order valence-corrected chi connectivity index (χ2v) is 9.51. The fraction of sp³-hybridized carbons (Fsp3) is 0.560. The van der Waals surface area contributed by atoms with E-state index < -0.39 is 0 Å². The number of nitrogens with zero attached hydrogens (tertiary/aromatic N) is 1. The Morgan fingerprint density at radius 2 is 2.07 bits per heavy atom. The van der Waals surface area contributed by atoms with Gasteiger partial charge in [-0.25, -0.2) is 0 Å². The van der Waals surface area contributed by atoms with Crippen LogP contribution in [0.5, 0.6) is 11.5 Å². The first kappa shape index (κ1) is 19.7. The summed E-state index contributed by atoms with van der Waals surface area (Å²) in [6.45, 7) is 8.44. The summed E-state index contributed by atoms with van der Waals surface area (Å²) >= 11 is 0. The van der Waals surface area contributed by atoms with Crippen molar-refractivity contribution < 1.29 is 14.2 Å². The molecule has 1 aromatic carbocycles. The molecule has 0 bridgehead atoms. The van der Waals surface area contributed by atoms with Gasteiger partial charge in [0.15, 0.2) is 16.9 Å². The maximum absolute atomic E-state index is 12.6. The highest BCUT2D eigenvalue weighted by Crippen LogP contribution is 2.62. The molecule has 1 saturated carbocycles. The average molecular weight is 410 g/mol. The van der Waals surface area contributed by atoms with Gasteiger partial charge in [0.25, 0.3) is 0 Å². The molecule has 30 heavy (non-hydrogen) atoms. The van der Waals surface area contributed by atoms with E-state index in [-0.39, 0.29) is 10.8 Å². The molecule has 1 unspecified atom stereocenters. The number of fused-ring (bicyclic) bond motifs is 6. The van der Waals surface area contributed by atoms with Gasteiger partial charge in [-0.3, -0.25) is 4.79 Å². The van der Waals surface area contributed by atoms with Gasteiger partial charge in [-0.15, -0.1) is 0 Å². The second kappa shape index (κ2) is 7.16. The Bertz CT molecular complexity index is 1050. The Kier molecular flexibility index (Phi) is 4.69. The van der Waals surface area contributed by atoms with Crippen LogP contribution >= 0.6 is 0 Å². The minimum absolute atomic E-state index is 0.0990. The zero-order valence-corrected chi connectivity index (χ0v) is 18.4. The molecule has 0 N–H and O–H groups in total. The van der Waals surface area contributed by atoms with Crippen molar-refractivity contribution in [3.63, 3.8) is 0 Å². The number of aryl methyl sites for hydroxylation is 1. The number of rotatable bonds is 6. The lowest BCUT2D eigenvalue weighted by Gasteiger charge is -2.35. The molecular weight excluding hydrogens is 378 g/mol. The van der Waals surface area contributed by atoms with E-state index in [1.807, 2.05) is 13.0 Å². The van der Waals surface area contributed by atoms with Crippen LogP contribution in [0, 0.1) is 12.8 Å². The highest BCUT2D eigenvalue weighted by molar-refractivity contribution is 5.79. The third-order valence-corrected chi connectivity index (χ3v) is 7.03. The third-order valence-electron chi connectivity index (χ3n) is 7.03. The smallest absolute Gasteiger partial charge is 0.185 e. The van der Waals surface area contributed by atoms with E-state index in [0.717, 1.165) is 55.0 Å². The Balaban J connectivity index is 1.69. The molecule has 3 aliphatic rings. The molecule has 3 heterocycles. The van der Waals surface area contributed by atoms with E-state index in [0.29, 0.717) is 25.2 Å². The van der Waals surface area contributed by atoms with Crippen LogP contribution in [0.3, 0.4) is 0 Å². The van der Waals surface area contributed by atoms with Gasteiger partial charge >= 0.3 is 0 Å². The summed E-state index contributed by atoms with van der Waals surface area (Å²) in [7, 11) is 1.71. The van der Waals surface area contributed by atoms with E-state index in [1.165, 1.54) is 16.7 Å². The van der Waals surface area contributed by atoms with Crippen LogP contribution in [0.1, 0.15) is 55.8 Å². The van der Waals surface area contributed by atoms with E-state index in [2.05, 4.69) is 30.7 Å². The molecular formula is C25H31NO4. The number of methoxy groups -OCH3 is 1. The molecule has 0 saturated heterocycles. The van der Waals surface area contributed by atoms with E-state index >= 15 is 0 Å². The molecule has 2 aromatic rings. The van der Waals surface area contributed by atoms with Gasteiger partial charge < -0.3 is 18.8 Å². The summed E-state index contributed by atoms with van der Waals surface area (Å²) in [6, 6.07) is 4.34. The first-order valence-electron chi connectivity index (χ1n) is 11.1. The lowest BCUT2D eigenvalue weighted by molar-refractivity contribution is 0.170. The van der Waals surface area contributed by atoms with Gasteiger partial charge in [-0.1, -0.05) is 13.8 Å². The van der Waals surface area contributed by atoms with Gasteiger partial charge in [-0.05, 0) is 43.7 Å². The zero-order chi connectivity index (χ0) is 21.0. The number of ether oxygens (including phenoxy) is 3. The highest BCUT2D eigenvalue weighted by Gasteiger charge is 2.54. The van der Waals surface area contributed by atoms with Crippen molar-refractivity contribution >= 4 is 0 Å². The van der Waals surface area contributed by atoms with Crippen LogP contribution in [-0.2, 0) is 16.6 Å². The van der Waals surface area contributed by atoms with Crippen LogP contribution < -0.4 is 14.9 Å². The molecule has 1 atom stereocenters. The number of aromatic nitrogens is 1. The van der Waals surface area contributed by atoms with Gasteiger partial charge in [0, 0.05) is 60.5 Å². The summed E-state index contributed by atoms with van der Waals surface area (Å²) in [6.07, 6.45) is 6.13. The van der Waals surface area contributed by atoms with Gasteiger partial charge in [0.05, 0.1) is 18.9 Å². The van der Waals surface area contributed by atoms with E-state index in [4.69, 9.17) is 14.2 Å². The Hall–Kier alpha value is -2.27. The molecule has 1 aromatic heterocycles. The number of hydrogen-bond donors (Lipinski definition) is 0. The van der Waals surface area contributed by atoms with Gasteiger partial charge in [0.2, 0.25) is 0 Å². The van der Waals surface area contributed by atoms with Crippen LogP contribution in [0.25, 0.3) is 11.3 Å². The fourth-order valence-electron chi connectivity index (χ4n) is 5.13.